The molecule has 1 heterocycles. The van der Waals surface area contributed by atoms with Gasteiger partial charge in [0.1, 0.15) is 12.2 Å². The highest BCUT2D eigenvalue weighted by molar-refractivity contribution is 7.80. The van der Waals surface area contributed by atoms with E-state index in [0.29, 0.717) is 11.1 Å². The van der Waals surface area contributed by atoms with Gasteiger partial charge in [-0.15, -0.1) is 0 Å². The van der Waals surface area contributed by atoms with Crippen LogP contribution in [-0.2, 0) is 16.2 Å². The standard InChI is InChI=1S/C24H13Cl4N3O5S/c25-16-5-2-6-19(20(16)28)30-23(33)15(22(32)29-24(30)37)8-13-9-17(26)21(18(27)10-13)36-11-12-3-1-4-14(7-12)31(34)35/h1-10H,11H2,(H,29,32,37)/b15-8+. The van der Waals surface area contributed by atoms with Crippen molar-refractivity contribution in [2.75, 3.05) is 4.90 Å². The van der Waals surface area contributed by atoms with Crippen LogP contribution in [0.25, 0.3) is 6.08 Å². The third-order valence-corrected chi connectivity index (χ3v) is 6.77. The van der Waals surface area contributed by atoms with Gasteiger partial charge in [-0.25, -0.2) is 0 Å². The average Bonchev–Trinajstić information content (AvgIpc) is 2.84. The highest BCUT2D eigenvalue weighted by Crippen LogP contribution is 2.37. The molecule has 1 saturated heterocycles. The highest BCUT2D eigenvalue weighted by atomic mass is 35.5. The number of anilines is 1. The summed E-state index contributed by atoms with van der Waals surface area (Å²) in [5, 5.41) is 13.8. The van der Waals surface area contributed by atoms with Crippen molar-refractivity contribution in [3.63, 3.8) is 0 Å². The van der Waals surface area contributed by atoms with Gasteiger partial charge in [0.25, 0.3) is 17.5 Å². The van der Waals surface area contributed by atoms with Gasteiger partial charge in [-0.2, -0.15) is 0 Å². The molecule has 4 rings (SSSR count). The van der Waals surface area contributed by atoms with Crippen molar-refractivity contribution >= 4 is 93.0 Å². The van der Waals surface area contributed by atoms with Crippen LogP contribution in [0.3, 0.4) is 0 Å². The first-order valence-electron chi connectivity index (χ1n) is 10.3. The smallest absolute Gasteiger partial charge is 0.270 e. The summed E-state index contributed by atoms with van der Waals surface area (Å²) < 4.78 is 5.68. The molecule has 1 aliphatic rings. The van der Waals surface area contributed by atoms with E-state index in [4.69, 9.17) is 63.4 Å². The minimum absolute atomic E-state index is 0.0325. The Labute approximate surface area is 235 Å². The van der Waals surface area contributed by atoms with Crippen molar-refractivity contribution in [3.05, 3.63) is 102 Å². The van der Waals surface area contributed by atoms with Gasteiger partial charge in [0, 0.05) is 12.1 Å². The van der Waals surface area contributed by atoms with Crippen LogP contribution in [0.1, 0.15) is 11.1 Å². The molecule has 0 saturated carbocycles. The number of ether oxygens (including phenoxy) is 1. The van der Waals surface area contributed by atoms with Crippen LogP contribution in [0.5, 0.6) is 5.75 Å². The van der Waals surface area contributed by atoms with E-state index >= 15 is 0 Å². The van der Waals surface area contributed by atoms with Gasteiger partial charge in [-0.3, -0.25) is 29.9 Å². The molecule has 13 heteroatoms. The normalized spacial score (nSPS) is 14.6. The van der Waals surface area contributed by atoms with Gasteiger partial charge < -0.3 is 4.74 Å². The lowest BCUT2D eigenvalue weighted by atomic mass is 10.1. The maximum atomic E-state index is 13.3. The molecule has 8 nitrogen and oxygen atoms in total. The third kappa shape index (κ3) is 5.71. The Morgan fingerprint density at radius 3 is 2.35 bits per heavy atom. The molecular formula is C24H13Cl4N3O5S. The maximum Gasteiger partial charge on any atom is 0.270 e. The number of nitrogens with zero attached hydrogens (tertiary/aromatic N) is 2. The fourth-order valence-corrected chi connectivity index (χ4v) is 4.69. The van der Waals surface area contributed by atoms with Crippen LogP contribution in [-0.4, -0.2) is 21.9 Å². The number of rotatable bonds is 6. The zero-order valence-corrected chi connectivity index (χ0v) is 22.2. The molecule has 188 valence electrons. The van der Waals surface area contributed by atoms with Gasteiger partial charge in [0.05, 0.1) is 30.7 Å². The third-order valence-electron chi connectivity index (χ3n) is 5.11. The molecule has 3 aromatic carbocycles. The zero-order chi connectivity index (χ0) is 26.9. The largest absolute Gasteiger partial charge is 0.486 e. The molecule has 37 heavy (non-hydrogen) atoms. The molecule has 1 N–H and O–H groups in total. The Balaban J connectivity index is 1.61. The van der Waals surface area contributed by atoms with E-state index in [0.717, 1.165) is 4.90 Å². The first-order chi connectivity index (χ1) is 17.6. The quantitative estimate of drug-likeness (QED) is 0.113. The van der Waals surface area contributed by atoms with Crippen molar-refractivity contribution in [1.82, 2.24) is 5.32 Å². The summed E-state index contributed by atoms with van der Waals surface area (Å²) in [6.07, 6.45) is 1.30. The summed E-state index contributed by atoms with van der Waals surface area (Å²) in [6.45, 7) is -0.0325. The van der Waals surface area contributed by atoms with Crippen molar-refractivity contribution in [2.24, 2.45) is 0 Å². The van der Waals surface area contributed by atoms with E-state index in [-0.39, 0.29) is 54.5 Å². The number of benzene rings is 3. The van der Waals surface area contributed by atoms with Crippen LogP contribution < -0.4 is 15.0 Å². The average molecular weight is 597 g/mol. The van der Waals surface area contributed by atoms with Crippen molar-refractivity contribution in [3.8, 4) is 5.75 Å². The lowest BCUT2D eigenvalue weighted by molar-refractivity contribution is -0.384. The second-order valence-corrected chi connectivity index (χ2v) is 9.55. The van der Waals surface area contributed by atoms with Gasteiger partial charge in [0.2, 0.25) is 0 Å². The molecule has 0 unspecified atom stereocenters. The molecule has 0 bridgehead atoms. The maximum absolute atomic E-state index is 13.3. The number of nitrogens with one attached hydrogen (secondary N) is 1. The monoisotopic (exact) mass is 595 g/mol. The number of thiocarbonyl (C=S) groups is 1. The molecule has 1 aliphatic heterocycles. The van der Waals surface area contributed by atoms with E-state index in [2.05, 4.69) is 5.32 Å². The van der Waals surface area contributed by atoms with Crippen molar-refractivity contribution in [2.45, 2.75) is 6.61 Å². The zero-order valence-electron chi connectivity index (χ0n) is 18.3. The minimum atomic E-state index is -0.726. The number of nitro groups is 1. The topological polar surface area (TPSA) is 102 Å². The molecule has 0 atom stereocenters. The van der Waals surface area contributed by atoms with Crippen LogP contribution in [0.2, 0.25) is 20.1 Å². The summed E-state index contributed by atoms with van der Waals surface area (Å²) in [7, 11) is 0. The first kappa shape index (κ1) is 26.8. The minimum Gasteiger partial charge on any atom is -0.486 e. The van der Waals surface area contributed by atoms with Gasteiger partial charge >= 0.3 is 0 Å². The van der Waals surface area contributed by atoms with Gasteiger partial charge in [0.15, 0.2) is 10.9 Å². The number of hydrogen-bond donors (Lipinski definition) is 1. The number of carbonyl (C=O) groups is 2. The van der Waals surface area contributed by atoms with Crippen LogP contribution in [0.4, 0.5) is 11.4 Å². The summed E-state index contributed by atoms with van der Waals surface area (Å²) in [4.78, 5) is 37.4. The molecule has 2 amide bonds. The lowest BCUT2D eigenvalue weighted by Crippen LogP contribution is -2.54. The predicted octanol–water partition coefficient (Wildman–Crippen LogP) is 6.62. The SMILES string of the molecule is O=C1NC(=S)N(c2cccc(Cl)c2Cl)C(=O)/C1=C/c1cc(Cl)c(OCc2cccc([N+](=O)[O-])c2)c(Cl)c1. The Bertz CT molecular complexity index is 1490. The Morgan fingerprint density at radius 2 is 1.68 bits per heavy atom. The first-order valence-corrected chi connectivity index (χ1v) is 12.2. The lowest BCUT2D eigenvalue weighted by Gasteiger charge is -2.29. The summed E-state index contributed by atoms with van der Waals surface area (Å²) in [6, 6.07) is 13.5. The summed E-state index contributed by atoms with van der Waals surface area (Å²) in [5.41, 5.74) is 0.746. The van der Waals surface area contributed by atoms with E-state index in [1.807, 2.05) is 0 Å². The van der Waals surface area contributed by atoms with Crippen molar-refractivity contribution < 1.29 is 19.2 Å². The van der Waals surface area contributed by atoms with Crippen LogP contribution in [0, 0.1) is 10.1 Å². The Kier molecular flexibility index (Phi) is 8.01. The van der Waals surface area contributed by atoms with E-state index in [9.17, 15) is 19.7 Å². The van der Waals surface area contributed by atoms with Crippen LogP contribution in [0.15, 0.2) is 60.2 Å². The summed E-state index contributed by atoms with van der Waals surface area (Å²) in [5.74, 6) is -1.32. The second-order valence-electron chi connectivity index (χ2n) is 7.56. The molecular weight excluding hydrogens is 584 g/mol. The van der Waals surface area contributed by atoms with Crippen molar-refractivity contribution in [1.29, 1.82) is 0 Å². The molecule has 3 aromatic rings. The fraction of sp³-hybridized carbons (Fsp3) is 0.0417. The number of carbonyl (C=O) groups excluding carboxylic acids is 2. The number of halogens is 4. The Hall–Kier alpha value is -3.21. The number of amides is 2. The van der Waals surface area contributed by atoms with E-state index in [1.54, 1.807) is 18.2 Å². The molecule has 0 spiro atoms. The molecule has 0 aliphatic carbocycles. The highest BCUT2D eigenvalue weighted by Gasteiger charge is 2.35. The number of nitro benzene ring substituents is 1. The number of hydrogen-bond acceptors (Lipinski definition) is 6. The molecule has 0 radical (unpaired) electrons. The van der Waals surface area contributed by atoms with E-state index in [1.165, 1.54) is 42.5 Å². The molecule has 1 fully saturated rings. The van der Waals surface area contributed by atoms with Crippen LogP contribution >= 0.6 is 58.6 Å². The summed E-state index contributed by atoms with van der Waals surface area (Å²) >= 11 is 30.2. The predicted molar refractivity (Wildman–Crippen MR) is 147 cm³/mol. The van der Waals surface area contributed by atoms with Gasteiger partial charge in [-0.05, 0) is 53.7 Å². The number of non-ortho nitro benzene ring substituents is 1. The van der Waals surface area contributed by atoms with Gasteiger partial charge in [-0.1, -0.05) is 64.6 Å². The Morgan fingerprint density at radius 1 is 1.00 bits per heavy atom. The fourth-order valence-electron chi connectivity index (χ4n) is 3.42. The molecule has 0 aromatic heterocycles. The second kappa shape index (κ2) is 11.0. The van der Waals surface area contributed by atoms with E-state index < -0.39 is 16.7 Å².